The Morgan fingerprint density at radius 2 is 2.00 bits per heavy atom. The second-order valence-corrected chi connectivity index (χ2v) is 6.19. The number of nitrogens with two attached hydrogens (primary N) is 1. The number of hydrogen-bond donors (Lipinski definition) is 1. The van der Waals surface area contributed by atoms with Crippen LogP contribution in [-0.4, -0.2) is 29.4 Å². The number of para-hydroxylation sites is 1. The Morgan fingerprint density at radius 1 is 1.23 bits per heavy atom. The molecule has 0 fully saturated rings. The Labute approximate surface area is 150 Å². The zero-order chi connectivity index (χ0) is 18.4. The number of carbonyl (C=O) groups is 1. The Morgan fingerprint density at radius 3 is 2.73 bits per heavy atom. The number of rotatable bonds is 3. The minimum absolute atomic E-state index is 0.108. The number of benzene rings is 2. The Bertz CT molecular complexity index is 1050. The first-order valence-electron chi connectivity index (χ1n) is 8.40. The van der Waals surface area contributed by atoms with Gasteiger partial charge in [-0.3, -0.25) is 4.79 Å². The fraction of sp³-hybridized carbons (Fsp3) is 0.200. The highest BCUT2D eigenvalue weighted by atomic mass is 19.1. The maximum atomic E-state index is 14.6. The van der Waals surface area contributed by atoms with Crippen LogP contribution >= 0.6 is 0 Å². The molecule has 0 bridgehead atoms. The van der Waals surface area contributed by atoms with E-state index in [4.69, 9.17) is 15.5 Å². The minimum Gasteiger partial charge on any atom is -0.496 e. The standard InChI is InChI=1S/C20H18FN3O2/c1-3-24-10-14-17(20(24)25)18(22)12-7-4-6-11(19(12)23-14)16-13(21)8-5-9-15(16)26-2/h4-9H,3,10H2,1-2H3,(H2,22,23). The largest absolute Gasteiger partial charge is 0.496 e. The summed E-state index contributed by atoms with van der Waals surface area (Å²) in [5, 5.41) is 0.637. The lowest BCUT2D eigenvalue weighted by atomic mass is 9.98. The zero-order valence-electron chi connectivity index (χ0n) is 14.5. The molecule has 26 heavy (non-hydrogen) atoms. The minimum atomic E-state index is -0.399. The molecule has 6 heteroatoms. The number of fused-ring (bicyclic) bond motifs is 2. The van der Waals surface area contributed by atoms with E-state index in [0.717, 1.165) is 0 Å². The van der Waals surface area contributed by atoms with E-state index < -0.39 is 5.82 Å². The first-order chi connectivity index (χ1) is 12.6. The van der Waals surface area contributed by atoms with E-state index >= 15 is 0 Å². The van der Waals surface area contributed by atoms with Gasteiger partial charge in [-0.1, -0.05) is 24.3 Å². The second kappa shape index (κ2) is 5.98. The van der Waals surface area contributed by atoms with Crippen molar-refractivity contribution in [3.63, 3.8) is 0 Å². The summed E-state index contributed by atoms with van der Waals surface area (Å²) in [6.07, 6.45) is 0. The summed E-state index contributed by atoms with van der Waals surface area (Å²) in [7, 11) is 1.50. The van der Waals surface area contributed by atoms with Gasteiger partial charge in [-0.05, 0) is 19.1 Å². The van der Waals surface area contributed by atoms with Gasteiger partial charge in [0.2, 0.25) is 0 Å². The third-order valence-electron chi connectivity index (χ3n) is 4.82. The molecular weight excluding hydrogens is 333 g/mol. The van der Waals surface area contributed by atoms with Crippen LogP contribution in [0.1, 0.15) is 23.0 Å². The number of carbonyl (C=O) groups excluding carboxylic acids is 1. The van der Waals surface area contributed by atoms with Crippen LogP contribution in [0.15, 0.2) is 36.4 Å². The van der Waals surface area contributed by atoms with Gasteiger partial charge in [0.05, 0.1) is 41.7 Å². The molecular formula is C20H18FN3O2. The topological polar surface area (TPSA) is 68.5 Å². The average Bonchev–Trinajstić information content (AvgIpc) is 2.97. The van der Waals surface area contributed by atoms with E-state index in [1.165, 1.54) is 13.2 Å². The number of nitrogen functional groups attached to an aromatic ring is 1. The summed E-state index contributed by atoms with van der Waals surface area (Å²) < 4.78 is 19.9. The van der Waals surface area contributed by atoms with Gasteiger partial charge in [0.15, 0.2) is 0 Å². The summed E-state index contributed by atoms with van der Waals surface area (Å²) in [5.41, 5.74) is 9.29. The van der Waals surface area contributed by atoms with E-state index in [0.29, 0.717) is 57.8 Å². The van der Waals surface area contributed by atoms with E-state index in [2.05, 4.69) is 0 Å². The van der Waals surface area contributed by atoms with Crippen LogP contribution in [0.3, 0.4) is 0 Å². The highest BCUT2D eigenvalue weighted by Gasteiger charge is 2.31. The van der Waals surface area contributed by atoms with Gasteiger partial charge in [0.25, 0.3) is 5.91 Å². The number of amides is 1. The lowest BCUT2D eigenvalue weighted by Crippen LogP contribution is -2.23. The first-order valence-corrected chi connectivity index (χ1v) is 8.40. The maximum Gasteiger partial charge on any atom is 0.258 e. The number of nitrogens with zero attached hydrogens (tertiary/aromatic N) is 2. The molecule has 0 aliphatic carbocycles. The van der Waals surface area contributed by atoms with Gasteiger partial charge in [0, 0.05) is 17.5 Å². The smallest absolute Gasteiger partial charge is 0.258 e. The second-order valence-electron chi connectivity index (χ2n) is 6.19. The van der Waals surface area contributed by atoms with Crippen LogP contribution in [0.2, 0.25) is 0 Å². The van der Waals surface area contributed by atoms with Crippen molar-refractivity contribution in [2.24, 2.45) is 0 Å². The van der Waals surface area contributed by atoms with Crippen molar-refractivity contribution in [3.05, 3.63) is 53.5 Å². The predicted octanol–water partition coefficient (Wildman–Crippen LogP) is 3.61. The highest BCUT2D eigenvalue weighted by molar-refractivity contribution is 6.11. The predicted molar refractivity (Wildman–Crippen MR) is 98.5 cm³/mol. The van der Waals surface area contributed by atoms with Gasteiger partial charge in [0.1, 0.15) is 11.6 Å². The summed E-state index contributed by atoms with van der Waals surface area (Å²) >= 11 is 0. The molecule has 1 amide bonds. The number of halogens is 1. The third-order valence-corrected chi connectivity index (χ3v) is 4.82. The van der Waals surface area contributed by atoms with Crippen molar-refractivity contribution in [1.29, 1.82) is 0 Å². The number of ether oxygens (including phenoxy) is 1. The van der Waals surface area contributed by atoms with E-state index in [9.17, 15) is 9.18 Å². The van der Waals surface area contributed by atoms with Crippen LogP contribution in [-0.2, 0) is 6.54 Å². The molecule has 0 radical (unpaired) electrons. The van der Waals surface area contributed by atoms with Crippen LogP contribution in [0, 0.1) is 5.82 Å². The van der Waals surface area contributed by atoms with Crippen molar-refractivity contribution in [1.82, 2.24) is 9.88 Å². The van der Waals surface area contributed by atoms with Crippen LogP contribution in [0.5, 0.6) is 5.75 Å². The summed E-state index contributed by atoms with van der Waals surface area (Å²) in [4.78, 5) is 18.9. The van der Waals surface area contributed by atoms with Crippen LogP contribution < -0.4 is 10.5 Å². The molecule has 2 N–H and O–H groups in total. The normalized spacial score (nSPS) is 13.3. The molecule has 2 heterocycles. The van der Waals surface area contributed by atoms with Crippen molar-refractivity contribution in [2.45, 2.75) is 13.5 Å². The first kappa shape index (κ1) is 16.3. The molecule has 3 aromatic rings. The fourth-order valence-corrected chi connectivity index (χ4v) is 3.52. The van der Waals surface area contributed by atoms with Crippen LogP contribution in [0.25, 0.3) is 22.0 Å². The number of anilines is 1. The molecule has 132 valence electrons. The lowest BCUT2D eigenvalue weighted by Gasteiger charge is -2.14. The van der Waals surface area contributed by atoms with Gasteiger partial charge < -0.3 is 15.4 Å². The molecule has 0 unspecified atom stereocenters. The average molecular weight is 351 g/mol. The van der Waals surface area contributed by atoms with Crippen molar-refractivity contribution >= 4 is 22.5 Å². The fourth-order valence-electron chi connectivity index (χ4n) is 3.52. The Hall–Kier alpha value is -3.15. The van der Waals surface area contributed by atoms with E-state index in [-0.39, 0.29) is 5.91 Å². The van der Waals surface area contributed by atoms with Gasteiger partial charge in [-0.2, -0.15) is 0 Å². The summed E-state index contributed by atoms with van der Waals surface area (Å²) in [6, 6.07) is 10.1. The quantitative estimate of drug-likeness (QED) is 0.783. The number of pyridine rings is 1. The molecule has 2 aromatic carbocycles. The van der Waals surface area contributed by atoms with Crippen molar-refractivity contribution < 1.29 is 13.9 Å². The Kier molecular flexibility index (Phi) is 3.76. The number of aromatic nitrogens is 1. The number of methoxy groups -OCH3 is 1. The SMILES string of the molecule is CCN1Cc2nc3c(-c4c(F)cccc4OC)cccc3c(N)c2C1=O. The van der Waals surface area contributed by atoms with E-state index in [1.807, 2.05) is 6.92 Å². The van der Waals surface area contributed by atoms with E-state index in [1.54, 1.807) is 35.2 Å². The lowest BCUT2D eigenvalue weighted by molar-refractivity contribution is 0.0787. The number of hydrogen-bond acceptors (Lipinski definition) is 4. The third kappa shape index (κ3) is 2.22. The van der Waals surface area contributed by atoms with Crippen molar-refractivity contribution in [2.75, 3.05) is 19.4 Å². The molecule has 0 saturated carbocycles. The molecule has 0 saturated heterocycles. The maximum absolute atomic E-state index is 14.6. The summed E-state index contributed by atoms with van der Waals surface area (Å²) in [5.74, 6) is -0.0862. The molecule has 5 nitrogen and oxygen atoms in total. The zero-order valence-corrected chi connectivity index (χ0v) is 14.5. The van der Waals surface area contributed by atoms with Gasteiger partial charge in [-0.15, -0.1) is 0 Å². The Balaban J connectivity index is 2.04. The molecule has 1 aliphatic heterocycles. The molecule has 1 aromatic heterocycles. The van der Waals surface area contributed by atoms with Gasteiger partial charge in [-0.25, -0.2) is 9.37 Å². The molecule has 4 rings (SSSR count). The summed E-state index contributed by atoms with van der Waals surface area (Å²) in [6.45, 7) is 2.90. The van der Waals surface area contributed by atoms with Crippen molar-refractivity contribution in [3.8, 4) is 16.9 Å². The molecule has 0 spiro atoms. The molecule has 1 aliphatic rings. The van der Waals surface area contributed by atoms with Crippen LogP contribution in [0.4, 0.5) is 10.1 Å². The van der Waals surface area contributed by atoms with Gasteiger partial charge >= 0.3 is 0 Å². The monoisotopic (exact) mass is 351 g/mol. The molecule has 0 atom stereocenters. The highest BCUT2D eigenvalue weighted by Crippen LogP contribution is 2.40.